The first kappa shape index (κ1) is 23.2. The molecule has 0 aliphatic carbocycles. The molecule has 1 aliphatic rings. The van der Waals surface area contributed by atoms with E-state index in [0.717, 1.165) is 22.5 Å². The number of carbonyl (C=O) groups excluding carboxylic acids is 3. The van der Waals surface area contributed by atoms with E-state index in [-0.39, 0.29) is 29.9 Å². The van der Waals surface area contributed by atoms with E-state index < -0.39 is 27.7 Å². The number of hydrogen-bond donors (Lipinski definition) is 1. The molecule has 0 spiro atoms. The molecule has 2 amide bonds. The van der Waals surface area contributed by atoms with Crippen LogP contribution in [0.2, 0.25) is 0 Å². The third-order valence-electron chi connectivity index (χ3n) is 6.34. The van der Waals surface area contributed by atoms with Crippen molar-refractivity contribution in [3.8, 4) is 0 Å². The van der Waals surface area contributed by atoms with E-state index in [2.05, 4.69) is 0 Å². The molecule has 0 saturated carbocycles. The number of benzene rings is 2. The Morgan fingerprint density at radius 2 is 1.81 bits per heavy atom. The predicted molar refractivity (Wildman–Crippen MR) is 121 cm³/mol. The van der Waals surface area contributed by atoms with E-state index in [9.17, 15) is 24.3 Å². The van der Waals surface area contributed by atoms with E-state index in [0.29, 0.717) is 18.4 Å². The smallest absolute Gasteiger partial charge is 0.435 e. The van der Waals surface area contributed by atoms with E-state index in [1.54, 1.807) is 19.9 Å². The molecule has 4 atom stereocenters. The third-order valence-corrected chi connectivity index (χ3v) is 7.55. The van der Waals surface area contributed by atoms with Crippen LogP contribution in [0.15, 0.2) is 42.5 Å². The van der Waals surface area contributed by atoms with E-state index >= 15 is 0 Å². The Morgan fingerprint density at radius 1 is 1.13 bits per heavy atom. The summed E-state index contributed by atoms with van der Waals surface area (Å²) in [5.41, 5.74) is 0.518. The Balaban J connectivity index is 1.86. The topological polar surface area (TPSA) is 88.5 Å². The molecule has 3 rings (SSSR count). The first-order chi connectivity index (χ1) is 14.7. The molecule has 7 heteroatoms. The van der Waals surface area contributed by atoms with E-state index in [1.807, 2.05) is 36.4 Å². The Hall–Kier alpha value is -2.51. The maximum Gasteiger partial charge on any atom is 0.521 e. The van der Waals surface area contributed by atoms with Crippen LogP contribution in [-0.4, -0.2) is 50.3 Å². The van der Waals surface area contributed by atoms with Gasteiger partial charge in [0.1, 0.15) is 6.04 Å². The van der Waals surface area contributed by atoms with Crippen LogP contribution in [0.25, 0.3) is 10.8 Å². The van der Waals surface area contributed by atoms with Gasteiger partial charge in [0.05, 0.1) is 12.5 Å². The van der Waals surface area contributed by atoms with Crippen molar-refractivity contribution in [3.63, 3.8) is 0 Å². The number of amides is 2. The van der Waals surface area contributed by atoms with E-state index in [4.69, 9.17) is 0 Å². The largest absolute Gasteiger partial charge is 0.521 e. The molecule has 2 unspecified atom stereocenters. The van der Waals surface area contributed by atoms with Gasteiger partial charge in [0, 0.05) is 37.0 Å². The van der Waals surface area contributed by atoms with Gasteiger partial charge in [-0.1, -0.05) is 48.2 Å². The number of nitrogens with zero attached hydrogens (tertiary/aromatic N) is 1. The Bertz CT molecular complexity index is 1040. The van der Waals surface area contributed by atoms with Crippen LogP contribution < -0.4 is 0 Å². The molecule has 164 valence electrons. The van der Waals surface area contributed by atoms with Crippen molar-refractivity contribution >= 4 is 45.4 Å². The molecule has 0 bridgehead atoms. The van der Waals surface area contributed by atoms with Crippen LogP contribution in [-0.2, 0) is 9.59 Å². The highest BCUT2D eigenvalue weighted by Crippen LogP contribution is 2.35. The lowest BCUT2D eigenvalue weighted by atomic mass is 9.96. The van der Waals surface area contributed by atoms with Gasteiger partial charge in [-0.3, -0.25) is 9.59 Å². The highest BCUT2D eigenvalue weighted by Gasteiger charge is 2.55. The summed E-state index contributed by atoms with van der Waals surface area (Å²) < 4.78 is -0.625. The minimum atomic E-state index is -1.16. The van der Waals surface area contributed by atoms with Crippen LogP contribution in [0.5, 0.6) is 0 Å². The van der Waals surface area contributed by atoms with E-state index in [1.165, 1.54) is 6.92 Å². The van der Waals surface area contributed by atoms with Crippen LogP contribution in [0.4, 0.5) is 4.79 Å². The zero-order valence-electron chi connectivity index (χ0n) is 18.0. The van der Waals surface area contributed by atoms with Crippen molar-refractivity contribution < 1.29 is 28.8 Å². The number of quaternary nitrogens is 1. The van der Waals surface area contributed by atoms with Crippen molar-refractivity contribution in [2.24, 2.45) is 5.92 Å². The number of thioether (sulfide) groups is 1. The average Bonchev–Trinajstić information content (AvgIpc) is 3.13. The molecule has 1 heterocycles. The first-order valence-corrected chi connectivity index (χ1v) is 11.4. The van der Waals surface area contributed by atoms with Crippen LogP contribution >= 0.6 is 11.8 Å². The molecule has 6 nitrogen and oxygen atoms in total. The molecule has 1 saturated heterocycles. The summed E-state index contributed by atoms with van der Waals surface area (Å²) in [6.07, 6.45) is 0.149. The Labute approximate surface area is 186 Å². The monoisotopic (exact) mass is 442 g/mol. The summed E-state index contributed by atoms with van der Waals surface area (Å²) in [6.45, 7) is 5.06. The molecule has 1 fully saturated rings. The summed E-state index contributed by atoms with van der Waals surface area (Å²) in [7, 11) is 0. The van der Waals surface area contributed by atoms with Crippen molar-refractivity contribution in [2.75, 3.05) is 6.54 Å². The van der Waals surface area contributed by atoms with Gasteiger partial charge in [-0.25, -0.2) is 4.79 Å². The molecule has 1 aliphatic heterocycles. The second-order valence-corrected chi connectivity index (χ2v) is 9.75. The number of carbonyl (C=O) groups is 4. The summed E-state index contributed by atoms with van der Waals surface area (Å²) >= 11 is 0.950. The summed E-state index contributed by atoms with van der Waals surface area (Å²) in [6, 6.07) is 12.8. The maximum absolute atomic E-state index is 13.4. The highest BCUT2D eigenvalue weighted by atomic mass is 32.2. The lowest BCUT2D eigenvalue weighted by molar-refractivity contribution is -0.794. The van der Waals surface area contributed by atoms with Crippen LogP contribution in [0, 0.1) is 5.92 Å². The molecular formula is C24H28NO5S+. The first-order valence-electron chi connectivity index (χ1n) is 10.5. The van der Waals surface area contributed by atoms with Crippen molar-refractivity contribution in [2.45, 2.75) is 51.3 Å². The molecule has 31 heavy (non-hydrogen) atoms. The third kappa shape index (κ3) is 4.57. The van der Waals surface area contributed by atoms with Crippen molar-refractivity contribution in [1.29, 1.82) is 0 Å². The van der Waals surface area contributed by atoms with Gasteiger partial charge in [-0.2, -0.15) is 9.28 Å². The van der Waals surface area contributed by atoms with Crippen LogP contribution in [0.3, 0.4) is 0 Å². The summed E-state index contributed by atoms with van der Waals surface area (Å²) in [4.78, 5) is 50.4. The van der Waals surface area contributed by atoms with Gasteiger partial charge >= 0.3 is 12.0 Å². The Kier molecular flexibility index (Phi) is 6.96. The fourth-order valence-electron chi connectivity index (χ4n) is 4.50. The Morgan fingerprint density at radius 3 is 2.39 bits per heavy atom. The molecule has 0 aromatic heterocycles. The molecule has 2 aromatic rings. The maximum atomic E-state index is 13.4. The molecule has 2 aromatic carbocycles. The zero-order valence-corrected chi connectivity index (χ0v) is 18.9. The van der Waals surface area contributed by atoms with Gasteiger partial charge < -0.3 is 5.11 Å². The second kappa shape index (κ2) is 9.32. The number of hydrogen-bond acceptors (Lipinski definition) is 5. The number of carboxylic acid groups (broad SMARTS) is 1. The minimum absolute atomic E-state index is 0.0104. The van der Waals surface area contributed by atoms with Gasteiger partial charge in [-0.15, -0.1) is 0 Å². The normalized spacial score (nSPS) is 22.7. The van der Waals surface area contributed by atoms with Gasteiger partial charge in [0.25, 0.3) is 0 Å². The number of rotatable bonds is 6. The second-order valence-electron chi connectivity index (χ2n) is 8.33. The number of fused-ring (bicyclic) bond motifs is 1. The average molecular weight is 443 g/mol. The SMILES string of the molecule is CC(=O)S[C@@H](CC(=O)c1ccc2ccccc2c1)C(C)C(=O)[N@+]1(C(=O)O)CCCC1C. The van der Waals surface area contributed by atoms with Gasteiger partial charge in [0.2, 0.25) is 0 Å². The van der Waals surface area contributed by atoms with Gasteiger partial charge in [-0.05, 0) is 30.7 Å². The molecular weight excluding hydrogens is 414 g/mol. The quantitative estimate of drug-likeness (QED) is 0.506. The number of imide groups is 1. The van der Waals surface area contributed by atoms with Crippen LogP contribution in [0.1, 0.15) is 50.4 Å². The number of likely N-dealkylation sites (tertiary alicyclic amines) is 1. The zero-order chi connectivity index (χ0) is 22.8. The number of ketones is 1. The standard InChI is InChI=1S/C24H27NO5S/c1-15-7-6-12-25(15,24(29)30)23(28)16(2)22(31-17(3)26)14-21(27)20-11-10-18-8-4-5-9-19(18)13-20/h4-5,8-11,13,15-16,22H,6-7,12,14H2,1-3H3/p+1/t15?,16?,22-,25-/m0/s1. The predicted octanol–water partition coefficient (Wildman–Crippen LogP) is 4.90. The minimum Gasteiger partial charge on any atom is -0.435 e. The number of Topliss-reactive ketones (excluding diaryl/α,β-unsaturated/α-hetero) is 1. The van der Waals surface area contributed by atoms with Crippen molar-refractivity contribution in [1.82, 2.24) is 0 Å². The van der Waals surface area contributed by atoms with Gasteiger partial charge in [0.15, 0.2) is 10.9 Å². The summed E-state index contributed by atoms with van der Waals surface area (Å²) in [5, 5.41) is 11.0. The summed E-state index contributed by atoms with van der Waals surface area (Å²) in [5.74, 6) is -1.35. The fourth-order valence-corrected chi connectivity index (χ4v) is 5.48. The highest BCUT2D eigenvalue weighted by molar-refractivity contribution is 8.14. The lowest BCUT2D eigenvalue weighted by Crippen LogP contribution is -2.61. The lowest BCUT2D eigenvalue weighted by Gasteiger charge is -2.33. The fraction of sp³-hybridized carbons (Fsp3) is 0.417. The molecule has 1 N–H and O–H groups in total. The molecule has 0 radical (unpaired) electrons. The van der Waals surface area contributed by atoms with Crippen molar-refractivity contribution in [3.05, 3.63) is 48.0 Å².